The Hall–Kier alpha value is -2.76. The van der Waals surface area contributed by atoms with Gasteiger partial charge in [0.2, 0.25) is 0 Å². The number of aromatic nitrogens is 1. The monoisotopic (exact) mass is 385 g/mol. The van der Waals surface area contributed by atoms with Gasteiger partial charge in [0.15, 0.2) is 23.1 Å². The molecule has 0 aliphatic rings. The maximum absolute atomic E-state index is 13.1. The zero-order valence-corrected chi connectivity index (χ0v) is 15.1. The summed E-state index contributed by atoms with van der Waals surface area (Å²) in [6.45, 7) is 0. The van der Waals surface area contributed by atoms with E-state index in [0.717, 1.165) is 0 Å². The number of hydrogen-bond acceptors (Lipinski definition) is 2. The topological polar surface area (TPSA) is 36.1 Å². The Balaban J connectivity index is 2.03. The second-order valence-corrected chi connectivity index (χ2v) is 6.29. The van der Waals surface area contributed by atoms with Crippen molar-refractivity contribution in [3.63, 3.8) is 0 Å². The fourth-order valence-corrected chi connectivity index (χ4v) is 2.81. The highest BCUT2D eigenvalue weighted by molar-refractivity contribution is 7.81. The molecule has 3 rings (SSSR count). The number of anilines is 1. The summed E-state index contributed by atoms with van der Waals surface area (Å²) in [6, 6.07) is 18.2. The van der Waals surface area contributed by atoms with E-state index in [-0.39, 0.29) is 11.6 Å². The van der Waals surface area contributed by atoms with Crippen molar-refractivity contribution in [1.29, 1.82) is 0 Å². The van der Waals surface area contributed by atoms with Crippen LogP contribution in [-0.2, 0) is 0 Å². The van der Waals surface area contributed by atoms with Gasteiger partial charge >= 0.3 is 0 Å². The van der Waals surface area contributed by atoms with E-state index in [0.29, 0.717) is 27.0 Å². The van der Waals surface area contributed by atoms with Crippen LogP contribution in [0.15, 0.2) is 79.1 Å². The van der Waals surface area contributed by atoms with Gasteiger partial charge in [0, 0.05) is 28.4 Å². The van der Waals surface area contributed by atoms with Crippen LogP contribution in [0, 0.1) is 5.82 Å². The molecule has 1 aromatic heterocycles. The fraction of sp³-hybridized carbons (Fsp3) is 0. The summed E-state index contributed by atoms with van der Waals surface area (Å²) < 4.78 is 14.8. The van der Waals surface area contributed by atoms with Gasteiger partial charge in [-0.3, -0.25) is 0 Å². The van der Waals surface area contributed by atoms with Crippen LogP contribution in [-0.4, -0.2) is 10.1 Å². The van der Waals surface area contributed by atoms with Crippen LogP contribution in [0.4, 0.5) is 10.1 Å². The lowest BCUT2D eigenvalue weighted by Gasteiger charge is -2.10. The van der Waals surface area contributed by atoms with E-state index in [4.69, 9.17) is 23.8 Å². The smallest absolute Gasteiger partial charge is 0.288 e. The summed E-state index contributed by atoms with van der Waals surface area (Å²) in [4.78, 5) is 0.292. The number of halogens is 2. The molecule has 0 saturated carbocycles. The molecule has 6 heteroatoms. The largest absolute Gasteiger partial charge is 0.502 e. The van der Waals surface area contributed by atoms with Crippen molar-refractivity contribution >= 4 is 46.0 Å². The van der Waals surface area contributed by atoms with Gasteiger partial charge in [-0.15, -0.1) is 0 Å². The summed E-state index contributed by atoms with van der Waals surface area (Å²) in [7, 11) is 0. The molecule has 2 N–H and O–H groups in total. The molecule has 0 unspecified atom stereocenters. The zero-order chi connectivity index (χ0) is 18.5. The summed E-state index contributed by atoms with van der Waals surface area (Å²) in [5, 5.41) is 14.4. The highest BCUT2D eigenvalue weighted by atomic mass is 35.5. The predicted octanol–water partition coefficient (Wildman–Crippen LogP) is 5.09. The van der Waals surface area contributed by atoms with Crippen molar-refractivity contribution in [3.05, 3.63) is 95.5 Å². The molecule has 1 heterocycles. The fourth-order valence-electron chi connectivity index (χ4n) is 2.36. The van der Waals surface area contributed by atoms with E-state index in [2.05, 4.69) is 5.32 Å². The molecule has 26 heavy (non-hydrogen) atoms. The quantitative estimate of drug-likeness (QED) is 0.284. The van der Waals surface area contributed by atoms with Crippen LogP contribution < -0.4 is 9.88 Å². The first-order chi connectivity index (χ1) is 12.5. The minimum atomic E-state index is -0.335. The van der Waals surface area contributed by atoms with Crippen LogP contribution in [0.2, 0.25) is 5.02 Å². The lowest BCUT2D eigenvalue weighted by Crippen LogP contribution is -2.38. The molecule has 0 amide bonds. The van der Waals surface area contributed by atoms with Gasteiger partial charge in [0.05, 0.1) is 0 Å². The van der Waals surface area contributed by atoms with Crippen molar-refractivity contribution in [1.82, 2.24) is 0 Å². The lowest BCUT2D eigenvalue weighted by molar-refractivity contribution is -0.575. The summed E-state index contributed by atoms with van der Waals surface area (Å²) in [6.07, 6.45) is 3.56. The number of thiocarbonyl (C=S) groups is 1. The maximum Gasteiger partial charge on any atom is 0.288 e. The molecule has 0 fully saturated rings. The summed E-state index contributed by atoms with van der Waals surface area (Å²) >= 11 is 11.4. The third-order valence-electron chi connectivity index (χ3n) is 3.63. The van der Waals surface area contributed by atoms with Crippen LogP contribution >= 0.6 is 23.8 Å². The van der Waals surface area contributed by atoms with Crippen LogP contribution in [0.3, 0.4) is 0 Å². The van der Waals surface area contributed by atoms with E-state index < -0.39 is 0 Å². The van der Waals surface area contributed by atoms with Gasteiger partial charge in [-0.25, -0.2) is 4.39 Å². The molecule has 3 aromatic rings. The minimum Gasteiger partial charge on any atom is -0.502 e. The van der Waals surface area contributed by atoms with Gasteiger partial charge in [-0.05, 0) is 48.5 Å². The minimum absolute atomic E-state index is 0.00233. The van der Waals surface area contributed by atoms with Gasteiger partial charge in [0.1, 0.15) is 5.82 Å². The van der Waals surface area contributed by atoms with Crippen molar-refractivity contribution < 1.29 is 14.1 Å². The molecule has 2 aromatic carbocycles. The molecule has 130 valence electrons. The number of rotatable bonds is 4. The highest BCUT2D eigenvalue weighted by Gasteiger charge is 2.23. The van der Waals surface area contributed by atoms with Crippen LogP contribution in [0.1, 0.15) is 5.56 Å². The number of benzene rings is 2. The molecular formula is C20H15ClFN2OS+. The van der Waals surface area contributed by atoms with Gasteiger partial charge in [0.25, 0.3) is 5.70 Å². The van der Waals surface area contributed by atoms with Gasteiger partial charge in [-0.2, -0.15) is 4.57 Å². The number of hydrogen-bond donors (Lipinski definition) is 2. The van der Waals surface area contributed by atoms with Crippen LogP contribution in [0.5, 0.6) is 0 Å². The Bertz CT molecular complexity index is 942. The number of aliphatic hydroxyl groups excluding tert-OH is 1. The highest BCUT2D eigenvalue weighted by Crippen LogP contribution is 2.21. The Labute approximate surface area is 161 Å². The van der Waals surface area contributed by atoms with Crippen LogP contribution in [0.25, 0.3) is 11.5 Å². The average Bonchev–Trinajstić information content (AvgIpc) is 2.65. The average molecular weight is 386 g/mol. The first-order valence-electron chi connectivity index (χ1n) is 7.77. The van der Waals surface area contributed by atoms with Gasteiger partial charge in [-0.1, -0.05) is 29.9 Å². The molecule has 0 atom stereocenters. The first kappa shape index (κ1) is 18.0. The van der Waals surface area contributed by atoms with Crippen molar-refractivity contribution in [2.75, 3.05) is 5.32 Å². The van der Waals surface area contributed by atoms with E-state index in [9.17, 15) is 9.50 Å². The second kappa shape index (κ2) is 8.08. The van der Waals surface area contributed by atoms with E-state index >= 15 is 0 Å². The SMILES string of the molecule is OC(=C(C(=S)Nc1ccc(F)cc1)[n+]1ccccc1)c1ccc(Cl)cc1. The third kappa shape index (κ3) is 4.25. The number of nitrogens with one attached hydrogen (secondary N) is 1. The van der Waals surface area contributed by atoms with Gasteiger partial charge < -0.3 is 10.4 Å². The van der Waals surface area contributed by atoms with Crippen molar-refractivity contribution in [3.8, 4) is 0 Å². The molecule has 0 radical (unpaired) electrons. The number of pyridine rings is 1. The molecule has 0 bridgehead atoms. The molecule has 0 spiro atoms. The molecule has 3 nitrogen and oxygen atoms in total. The van der Waals surface area contributed by atoms with Crippen molar-refractivity contribution in [2.24, 2.45) is 0 Å². The standard InChI is InChI=1S/C20H14ClFN2OS/c21-15-6-4-14(5-7-15)19(25)18(24-12-2-1-3-13-24)20(26)23-17-10-8-16(22)9-11-17/h1-13H,(H-,23,25,26)/p+1. The Morgan fingerprint density at radius 2 is 1.58 bits per heavy atom. The second-order valence-electron chi connectivity index (χ2n) is 5.45. The third-order valence-corrected chi connectivity index (χ3v) is 4.18. The molecule has 0 saturated heterocycles. The Kier molecular flexibility index (Phi) is 5.61. The lowest BCUT2D eigenvalue weighted by atomic mass is 10.1. The first-order valence-corrected chi connectivity index (χ1v) is 8.56. The summed E-state index contributed by atoms with van der Waals surface area (Å²) in [5.41, 5.74) is 1.59. The van der Waals surface area contributed by atoms with E-state index in [1.165, 1.54) is 12.1 Å². The normalized spacial score (nSPS) is 11.6. The molecule has 0 aliphatic heterocycles. The number of nitrogens with zero attached hydrogens (tertiary/aromatic N) is 1. The summed E-state index contributed by atoms with van der Waals surface area (Å²) in [5.74, 6) is -0.337. The van der Waals surface area contributed by atoms with E-state index in [1.807, 2.05) is 18.2 Å². The molecule has 0 aliphatic carbocycles. The Morgan fingerprint density at radius 1 is 0.962 bits per heavy atom. The zero-order valence-electron chi connectivity index (χ0n) is 13.6. The molecular weight excluding hydrogens is 371 g/mol. The maximum atomic E-state index is 13.1. The van der Waals surface area contributed by atoms with Crippen molar-refractivity contribution in [2.45, 2.75) is 0 Å². The van der Waals surface area contributed by atoms with E-state index in [1.54, 1.807) is 53.4 Å². The predicted molar refractivity (Wildman–Crippen MR) is 106 cm³/mol. The Morgan fingerprint density at radius 3 is 2.19 bits per heavy atom. The number of aliphatic hydroxyl groups is 1.